The molecule has 0 N–H and O–H groups in total. The SMILES string of the molecule is CCn1c(C2CCN(S(=O)(=O)c3ccc4c(c3)OCCO4)CC2)nn(Cc2ccccc2)c1=O. The summed E-state index contributed by atoms with van der Waals surface area (Å²) in [5.74, 6) is 1.78. The second kappa shape index (κ2) is 9.27. The fourth-order valence-electron chi connectivity index (χ4n) is 4.60. The zero-order chi connectivity index (χ0) is 23.7. The fourth-order valence-corrected chi connectivity index (χ4v) is 6.09. The Labute approximate surface area is 198 Å². The van der Waals surface area contributed by atoms with Crippen molar-refractivity contribution < 1.29 is 17.9 Å². The van der Waals surface area contributed by atoms with Crippen molar-refractivity contribution in [3.63, 3.8) is 0 Å². The molecule has 0 saturated carbocycles. The van der Waals surface area contributed by atoms with Crippen LogP contribution in [0.4, 0.5) is 0 Å². The van der Waals surface area contributed by atoms with E-state index >= 15 is 0 Å². The van der Waals surface area contributed by atoms with Crippen LogP contribution in [0.2, 0.25) is 0 Å². The molecule has 2 aromatic carbocycles. The highest BCUT2D eigenvalue weighted by Crippen LogP contribution is 2.35. The van der Waals surface area contributed by atoms with E-state index in [2.05, 4.69) is 5.10 Å². The molecule has 1 aromatic heterocycles. The van der Waals surface area contributed by atoms with Crippen LogP contribution in [0.3, 0.4) is 0 Å². The molecule has 2 aliphatic heterocycles. The number of aromatic nitrogens is 3. The lowest BCUT2D eigenvalue weighted by molar-refractivity contribution is 0.171. The Hall–Kier alpha value is -3.11. The van der Waals surface area contributed by atoms with Crippen molar-refractivity contribution in [1.82, 2.24) is 18.7 Å². The van der Waals surface area contributed by atoms with Crippen LogP contribution in [0.5, 0.6) is 11.5 Å². The Morgan fingerprint density at radius 3 is 2.41 bits per heavy atom. The van der Waals surface area contributed by atoms with Crippen LogP contribution < -0.4 is 15.2 Å². The van der Waals surface area contributed by atoms with Gasteiger partial charge >= 0.3 is 5.69 Å². The van der Waals surface area contributed by atoms with Gasteiger partial charge in [-0.2, -0.15) is 9.40 Å². The maximum atomic E-state index is 13.3. The van der Waals surface area contributed by atoms with E-state index in [0.717, 1.165) is 11.4 Å². The minimum absolute atomic E-state index is 0.0244. The number of sulfonamides is 1. The number of ether oxygens (including phenoxy) is 2. The van der Waals surface area contributed by atoms with Gasteiger partial charge in [-0.15, -0.1) is 0 Å². The first-order valence-corrected chi connectivity index (χ1v) is 13.0. The summed E-state index contributed by atoms with van der Waals surface area (Å²) in [6.07, 6.45) is 1.21. The Kier molecular flexibility index (Phi) is 6.18. The second-order valence-corrected chi connectivity index (χ2v) is 10.5. The molecular weight excluding hydrogens is 456 g/mol. The molecule has 3 heterocycles. The molecule has 9 nitrogen and oxygen atoms in total. The molecule has 0 unspecified atom stereocenters. The van der Waals surface area contributed by atoms with Crippen LogP contribution in [0.1, 0.15) is 37.1 Å². The predicted octanol–water partition coefficient (Wildman–Crippen LogP) is 2.45. The summed E-state index contributed by atoms with van der Waals surface area (Å²) in [5, 5.41) is 4.66. The predicted molar refractivity (Wildman–Crippen MR) is 126 cm³/mol. The summed E-state index contributed by atoms with van der Waals surface area (Å²) in [6.45, 7) is 4.46. The summed E-state index contributed by atoms with van der Waals surface area (Å²) >= 11 is 0. The average molecular weight is 485 g/mol. The lowest BCUT2D eigenvalue weighted by Crippen LogP contribution is -2.38. The van der Waals surface area contributed by atoms with Gasteiger partial charge in [0.25, 0.3) is 0 Å². The van der Waals surface area contributed by atoms with Crippen molar-refractivity contribution in [2.75, 3.05) is 26.3 Å². The van der Waals surface area contributed by atoms with E-state index in [1.54, 1.807) is 16.7 Å². The highest BCUT2D eigenvalue weighted by Gasteiger charge is 2.33. The van der Waals surface area contributed by atoms with Gasteiger partial charge < -0.3 is 9.47 Å². The molecule has 0 amide bonds. The lowest BCUT2D eigenvalue weighted by atomic mass is 9.97. The monoisotopic (exact) mass is 484 g/mol. The minimum atomic E-state index is -3.66. The first kappa shape index (κ1) is 22.7. The van der Waals surface area contributed by atoms with E-state index in [1.165, 1.54) is 15.1 Å². The van der Waals surface area contributed by atoms with Crippen molar-refractivity contribution in [1.29, 1.82) is 0 Å². The summed E-state index contributed by atoms with van der Waals surface area (Å²) in [6, 6.07) is 14.5. The normalized spacial score (nSPS) is 17.1. The highest BCUT2D eigenvalue weighted by molar-refractivity contribution is 7.89. The van der Waals surface area contributed by atoms with Crippen LogP contribution in [0.15, 0.2) is 58.2 Å². The van der Waals surface area contributed by atoms with E-state index in [-0.39, 0.29) is 16.5 Å². The molecule has 10 heteroatoms. The lowest BCUT2D eigenvalue weighted by Gasteiger charge is -2.31. The Bertz CT molecular complexity index is 1330. The molecule has 5 rings (SSSR count). The van der Waals surface area contributed by atoms with Gasteiger partial charge in [-0.3, -0.25) is 4.57 Å². The smallest absolute Gasteiger partial charge is 0.346 e. The van der Waals surface area contributed by atoms with Gasteiger partial charge in [0, 0.05) is 31.6 Å². The molecule has 2 aliphatic rings. The highest BCUT2D eigenvalue weighted by atomic mass is 32.2. The largest absolute Gasteiger partial charge is 0.486 e. The number of fused-ring (bicyclic) bond motifs is 1. The third kappa shape index (κ3) is 4.23. The van der Waals surface area contributed by atoms with Gasteiger partial charge in [0.15, 0.2) is 11.5 Å². The van der Waals surface area contributed by atoms with Crippen LogP contribution in [0.25, 0.3) is 0 Å². The summed E-state index contributed by atoms with van der Waals surface area (Å²) in [5.41, 5.74) is 0.880. The number of hydrogen-bond donors (Lipinski definition) is 0. The Morgan fingerprint density at radius 2 is 1.71 bits per heavy atom. The molecule has 0 radical (unpaired) electrons. The average Bonchev–Trinajstić information content (AvgIpc) is 3.19. The Morgan fingerprint density at radius 1 is 1.00 bits per heavy atom. The van der Waals surface area contributed by atoms with Crippen molar-refractivity contribution in [2.45, 2.75) is 43.7 Å². The van der Waals surface area contributed by atoms with Crippen LogP contribution in [0, 0.1) is 0 Å². The van der Waals surface area contributed by atoms with Crippen LogP contribution >= 0.6 is 0 Å². The number of rotatable bonds is 6. The third-order valence-corrected chi connectivity index (χ3v) is 8.31. The molecule has 0 atom stereocenters. The fraction of sp³-hybridized carbons (Fsp3) is 0.417. The van der Waals surface area contributed by atoms with Gasteiger partial charge in [-0.25, -0.2) is 17.9 Å². The van der Waals surface area contributed by atoms with Gasteiger partial charge in [-0.1, -0.05) is 30.3 Å². The summed E-state index contributed by atoms with van der Waals surface area (Å²) < 4.78 is 42.3. The first-order valence-electron chi connectivity index (χ1n) is 11.6. The van der Waals surface area contributed by atoms with E-state index in [9.17, 15) is 13.2 Å². The molecule has 3 aromatic rings. The summed E-state index contributed by atoms with van der Waals surface area (Å²) in [4.78, 5) is 13.1. The van der Waals surface area contributed by atoms with E-state index < -0.39 is 10.0 Å². The van der Waals surface area contributed by atoms with Gasteiger partial charge in [0.1, 0.15) is 19.0 Å². The molecule has 0 spiro atoms. The third-order valence-electron chi connectivity index (χ3n) is 6.41. The maximum absolute atomic E-state index is 13.3. The number of piperidine rings is 1. The van der Waals surface area contributed by atoms with Crippen molar-refractivity contribution >= 4 is 10.0 Å². The van der Waals surface area contributed by atoms with E-state index in [0.29, 0.717) is 63.7 Å². The van der Waals surface area contributed by atoms with Crippen molar-refractivity contribution in [2.24, 2.45) is 0 Å². The Balaban J connectivity index is 1.32. The van der Waals surface area contributed by atoms with Crippen LogP contribution in [-0.2, 0) is 23.1 Å². The van der Waals surface area contributed by atoms with E-state index in [1.807, 2.05) is 37.3 Å². The van der Waals surface area contributed by atoms with Crippen molar-refractivity contribution in [3.8, 4) is 11.5 Å². The number of hydrogen-bond acceptors (Lipinski definition) is 6. The number of nitrogens with zero attached hydrogens (tertiary/aromatic N) is 4. The molecule has 0 bridgehead atoms. The zero-order valence-electron chi connectivity index (χ0n) is 19.1. The molecule has 0 aliphatic carbocycles. The standard InChI is InChI=1S/C24H28N4O5S/c1-2-27-23(25-28(24(27)29)17-18-6-4-3-5-7-18)19-10-12-26(13-11-19)34(30,31)20-8-9-21-22(16-20)33-15-14-32-21/h3-9,16,19H,2,10-15,17H2,1H3. The second-order valence-electron chi connectivity index (χ2n) is 8.51. The van der Waals surface area contributed by atoms with Gasteiger partial charge in [0.2, 0.25) is 10.0 Å². The first-order chi connectivity index (χ1) is 16.5. The molecular formula is C24H28N4O5S. The molecule has 1 fully saturated rings. The number of benzene rings is 2. The molecule has 1 saturated heterocycles. The van der Waals surface area contributed by atoms with Gasteiger partial charge in [-0.05, 0) is 37.5 Å². The zero-order valence-corrected chi connectivity index (χ0v) is 19.9. The topological polar surface area (TPSA) is 95.7 Å². The maximum Gasteiger partial charge on any atom is 0.346 e. The van der Waals surface area contributed by atoms with Gasteiger partial charge in [0.05, 0.1) is 11.4 Å². The quantitative estimate of drug-likeness (QED) is 0.533. The van der Waals surface area contributed by atoms with E-state index in [4.69, 9.17) is 9.47 Å². The van der Waals surface area contributed by atoms with Crippen molar-refractivity contribution in [3.05, 3.63) is 70.4 Å². The molecule has 180 valence electrons. The van der Waals surface area contributed by atoms with Crippen LogP contribution in [-0.4, -0.2) is 53.4 Å². The minimum Gasteiger partial charge on any atom is -0.486 e. The summed E-state index contributed by atoms with van der Waals surface area (Å²) in [7, 11) is -3.66. The molecule has 34 heavy (non-hydrogen) atoms.